The Labute approximate surface area is 209 Å². The number of anilines is 1. The Balaban J connectivity index is 2.40. The maximum absolute atomic E-state index is 13.4. The summed E-state index contributed by atoms with van der Waals surface area (Å²) < 4.78 is 25.9. The molecule has 11 heteroatoms. The lowest BCUT2D eigenvalue weighted by Gasteiger charge is -2.32. The van der Waals surface area contributed by atoms with E-state index in [-0.39, 0.29) is 24.2 Å². The van der Waals surface area contributed by atoms with Gasteiger partial charge in [0.2, 0.25) is 21.8 Å². The zero-order valence-electron chi connectivity index (χ0n) is 18.7. The summed E-state index contributed by atoms with van der Waals surface area (Å²) in [6.07, 6.45) is 1.01. The van der Waals surface area contributed by atoms with Gasteiger partial charge in [0.25, 0.3) is 0 Å². The van der Waals surface area contributed by atoms with Crippen molar-refractivity contribution in [2.75, 3.05) is 17.1 Å². The Bertz CT molecular complexity index is 1110. The second-order valence-electron chi connectivity index (χ2n) is 7.86. The third-order valence-corrected chi connectivity index (χ3v) is 6.86. The lowest BCUT2D eigenvalue weighted by Crippen LogP contribution is -2.52. The monoisotopic (exact) mass is 533 g/mol. The summed E-state index contributed by atoms with van der Waals surface area (Å²) in [6.45, 7) is 4.73. The van der Waals surface area contributed by atoms with Gasteiger partial charge in [0, 0.05) is 17.6 Å². The highest BCUT2D eigenvalue weighted by molar-refractivity contribution is 7.92. The summed E-state index contributed by atoms with van der Waals surface area (Å²) in [5, 5.41) is 3.87. The van der Waals surface area contributed by atoms with E-state index >= 15 is 0 Å². The number of halogens is 3. The largest absolute Gasteiger partial charge is 0.352 e. The molecule has 1 N–H and O–H groups in total. The molecule has 2 aromatic rings. The highest BCUT2D eigenvalue weighted by atomic mass is 35.5. The van der Waals surface area contributed by atoms with Gasteiger partial charge < -0.3 is 10.2 Å². The molecule has 0 aromatic heterocycles. The van der Waals surface area contributed by atoms with Crippen LogP contribution in [0.2, 0.25) is 15.1 Å². The van der Waals surface area contributed by atoms with Crippen molar-refractivity contribution in [3.8, 4) is 0 Å². The van der Waals surface area contributed by atoms with Crippen LogP contribution in [0.3, 0.4) is 0 Å². The maximum Gasteiger partial charge on any atom is 0.244 e. The molecule has 180 valence electrons. The van der Waals surface area contributed by atoms with Crippen molar-refractivity contribution in [2.45, 2.75) is 39.4 Å². The van der Waals surface area contributed by atoms with Gasteiger partial charge >= 0.3 is 0 Å². The number of nitrogens with one attached hydrogen (secondary N) is 1. The SMILES string of the molecule is CC(C)NC(=O)[C@@H](C)N(Cc1ccc(Cl)c(Cl)c1)C(=O)CN(c1ccc(Cl)cc1)S(C)(=O)=O. The van der Waals surface area contributed by atoms with Crippen LogP contribution in [-0.4, -0.2) is 50.0 Å². The lowest BCUT2D eigenvalue weighted by molar-refractivity contribution is -0.139. The van der Waals surface area contributed by atoms with Gasteiger partial charge in [0.1, 0.15) is 12.6 Å². The van der Waals surface area contributed by atoms with E-state index in [0.717, 1.165) is 10.6 Å². The fourth-order valence-electron chi connectivity index (χ4n) is 3.04. The second-order valence-corrected chi connectivity index (χ2v) is 11.0. The lowest BCUT2D eigenvalue weighted by atomic mass is 10.1. The number of rotatable bonds is 9. The van der Waals surface area contributed by atoms with Gasteiger partial charge in [-0.15, -0.1) is 0 Å². The van der Waals surface area contributed by atoms with Crippen molar-refractivity contribution in [1.82, 2.24) is 10.2 Å². The predicted octanol–water partition coefficient (Wildman–Crippen LogP) is 4.35. The first-order chi connectivity index (χ1) is 15.3. The molecule has 0 spiro atoms. The zero-order chi connectivity index (χ0) is 24.9. The van der Waals surface area contributed by atoms with Gasteiger partial charge in [-0.3, -0.25) is 13.9 Å². The van der Waals surface area contributed by atoms with E-state index in [2.05, 4.69) is 5.32 Å². The molecule has 0 saturated carbocycles. The van der Waals surface area contributed by atoms with E-state index in [9.17, 15) is 18.0 Å². The summed E-state index contributed by atoms with van der Waals surface area (Å²) in [5.41, 5.74) is 0.920. The first-order valence-electron chi connectivity index (χ1n) is 10.1. The number of carbonyl (C=O) groups is 2. The maximum atomic E-state index is 13.4. The number of carbonyl (C=O) groups excluding carboxylic acids is 2. The minimum atomic E-state index is -3.81. The molecule has 33 heavy (non-hydrogen) atoms. The van der Waals surface area contributed by atoms with Crippen LogP contribution in [0.1, 0.15) is 26.3 Å². The molecule has 0 aliphatic rings. The van der Waals surface area contributed by atoms with Crippen molar-refractivity contribution in [3.05, 3.63) is 63.1 Å². The van der Waals surface area contributed by atoms with Crippen molar-refractivity contribution in [2.24, 2.45) is 0 Å². The minimum Gasteiger partial charge on any atom is -0.352 e. The highest BCUT2D eigenvalue weighted by Crippen LogP contribution is 2.25. The fraction of sp³-hybridized carbons (Fsp3) is 0.364. The minimum absolute atomic E-state index is 0.0284. The summed E-state index contributed by atoms with van der Waals surface area (Å²) >= 11 is 18.0. The summed E-state index contributed by atoms with van der Waals surface area (Å²) in [4.78, 5) is 27.4. The fourth-order valence-corrected chi connectivity index (χ4v) is 4.34. The summed E-state index contributed by atoms with van der Waals surface area (Å²) in [6, 6.07) is 9.96. The predicted molar refractivity (Wildman–Crippen MR) is 133 cm³/mol. The number of hydrogen-bond acceptors (Lipinski definition) is 4. The molecule has 0 radical (unpaired) electrons. The van der Waals surface area contributed by atoms with Gasteiger partial charge in [-0.25, -0.2) is 8.42 Å². The quantitative estimate of drug-likeness (QED) is 0.518. The van der Waals surface area contributed by atoms with Crippen LogP contribution in [0.25, 0.3) is 0 Å². The number of nitrogens with zero attached hydrogens (tertiary/aromatic N) is 2. The van der Waals surface area contributed by atoms with E-state index in [0.29, 0.717) is 20.6 Å². The smallest absolute Gasteiger partial charge is 0.244 e. The molecule has 0 aliphatic heterocycles. The molecule has 0 heterocycles. The molecule has 0 saturated heterocycles. The molecular formula is C22H26Cl3N3O4S. The first kappa shape index (κ1) is 27.2. The Hall–Kier alpha value is -2.00. The van der Waals surface area contributed by atoms with Gasteiger partial charge in [-0.05, 0) is 62.7 Å². The van der Waals surface area contributed by atoms with Crippen molar-refractivity contribution < 1.29 is 18.0 Å². The molecule has 2 rings (SSSR count). The van der Waals surface area contributed by atoms with Crippen LogP contribution in [0, 0.1) is 0 Å². The molecular weight excluding hydrogens is 509 g/mol. The standard InChI is InChI=1S/C22H26Cl3N3O4S/c1-14(2)26-22(30)15(3)27(12-16-5-10-19(24)20(25)11-16)21(29)13-28(33(4,31)32)18-8-6-17(23)7-9-18/h5-11,14-15H,12-13H2,1-4H3,(H,26,30)/t15-/m1/s1. The Morgan fingerprint density at radius 1 is 0.970 bits per heavy atom. The first-order valence-corrected chi connectivity index (χ1v) is 13.0. The molecule has 0 bridgehead atoms. The van der Waals surface area contributed by atoms with Crippen LogP contribution >= 0.6 is 34.8 Å². The Kier molecular flexibility index (Phi) is 9.43. The van der Waals surface area contributed by atoms with E-state index < -0.39 is 28.5 Å². The molecule has 2 aromatic carbocycles. The number of sulfonamides is 1. The van der Waals surface area contributed by atoms with Crippen LogP contribution < -0.4 is 9.62 Å². The topological polar surface area (TPSA) is 86.8 Å². The van der Waals surface area contributed by atoms with E-state index in [1.807, 2.05) is 13.8 Å². The molecule has 0 aliphatic carbocycles. The average molecular weight is 535 g/mol. The number of benzene rings is 2. The highest BCUT2D eigenvalue weighted by Gasteiger charge is 2.30. The summed E-state index contributed by atoms with van der Waals surface area (Å²) in [5.74, 6) is -0.927. The zero-order valence-corrected chi connectivity index (χ0v) is 21.8. The number of amides is 2. The van der Waals surface area contributed by atoms with Crippen molar-refractivity contribution in [1.29, 1.82) is 0 Å². The average Bonchev–Trinajstić information content (AvgIpc) is 2.71. The Morgan fingerprint density at radius 3 is 2.09 bits per heavy atom. The van der Waals surface area contributed by atoms with Gasteiger partial charge in [-0.2, -0.15) is 0 Å². The number of hydrogen-bond donors (Lipinski definition) is 1. The van der Waals surface area contributed by atoms with Crippen LogP contribution in [0.15, 0.2) is 42.5 Å². The van der Waals surface area contributed by atoms with Gasteiger partial charge in [0.05, 0.1) is 22.0 Å². The Morgan fingerprint density at radius 2 is 1.58 bits per heavy atom. The third kappa shape index (κ3) is 7.78. The van der Waals surface area contributed by atoms with Crippen molar-refractivity contribution >= 4 is 62.3 Å². The van der Waals surface area contributed by atoms with Crippen LogP contribution in [0.5, 0.6) is 0 Å². The van der Waals surface area contributed by atoms with Crippen LogP contribution in [-0.2, 0) is 26.2 Å². The second kappa shape index (κ2) is 11.4. The van der Waals surface area contributed by atoms with E-state index in [1.54, 1.807) is 25.1 Å². The van der Waals surface area contributed by atoms with Gasteiger partial charge in [-0.1, -0.05) is 40.9 Å². The molecule has 0 fully saturated rings. The molecule has 1 atom stereocenters. The van der Waals surface area contributed by atoms with E-state index in [1.165, 1.54) is 29.2 Å². The molecule has 7 nitrogen and oxygen atoms in total. The van der Waals surface area contributed by atoms with Crippen LogP contribution in [0.4, 0.5) is 5.69 Å². The molecule has 2 amide bonds. The molecule has 0 unspecified atom stereocenters. The van der Waals surface area contributed by atoms with E-state index in [4.69, 9.17) is 34.8 Å². The third-order valence-electron chi connectivity index (χ3n) is 4.73. The van der Waals surface area contributed by atoms with Crippen molar-refractivity contribution in [3.63, 3.8) is 0 Å². The normalized spacial score (nSPS) is 12.4. The van der Waals surface area contributed by atoms with Gasteiger partial charge in [0.15, 0.2) is 0 Å². The summed E-state index contributed by atoms with van der Waals surface area (Å²) in [7, 11) is -3.81.